The summed E-state index contributed by atoms with van der Waals surface area (Å²) in [5, 5.41) is 9.98. The Morgan fingerprint density at radius 2 is 2.05 bits per heavy atom. The van der Waals surface area contributed by atoms with Gasteiger partial charge in [-0.1, -0.05) is 11.6 Å². The van der Waals surface area contributed by atoms with Crippen LogP contribution in [0.3, 0.4) is 0 Å². The van der Waals surface area contributed by atoms with Crippen LogP contribution in [0, 0.1) is 12.8 Å². The summed E-state index contributed by atoms with van der Waals surface area (Å²) in [5.41, 5.74) is 2.81. The molecule has 0 aliphatic carbocycles. The van der Waals surface area contributed by atoms with E-state index in [9.17, 15) is 9.59 Å². The highest BCUT2D eigenvalue weighted by Gasteiger charge is 2.27. The van der Waals surface area contributed by atoms with Crippen LogP contribution in [0.1, 0.15) is 24.0 Å². The predicted octanol–water partition coefficient (Wildman–Crippen LogP) is 2.61. The molecule has 0 radical (unpaired) electrons. The van der Waals surface area contributed by atoms with Gasteiger partial charge in [-0.2, -0.15) is 0 Å². The van der Waals surface area contributed by atoms with E-state index in [2.05, 4.69) is 0 Å². The van der Waals surface area contributed by atoms with Crippen LogP contribution < -0.4 is 0 Å². The zero-order chi connectivity index (χ0) is 15.7. The number of amides is 1. The molecule has 5 heteroatoms. The van der Waals surface area contributed by atoms with E-state index in [0.717, 1.165) is 22.1 Å². The molecule has 5 nitrogen and oxygen atoms in total. The maximum atomic E-state index is 12.4. The van der Waals surface area contributed by atoms with Gasteiger partial charge in [-0.3, -0.25) is 9.59 Å². The highest BCUT2D eigenvalue weighted by Crippen LogP contribution is 2.24. The average molecular weight is 301 g/mol. The van der Waals surface area contributed by atoms with Crippen LogP contribution in [0.25, 0.3) is 11.0 Å². The van der Waals surface area contributed by atoms with Crippen molar-refractivity contribution in [2.24, 2.45) is 5.92 Å². The number of carboxylic acids is 1. The molecule has 1 fully saturated rings. The molecule has 1 saturated heterocycles. The molecule has 0 spiro atoms. The minimum absolute atomic E-state index is 0.0352. The van der Waals surface area contributed by atoms with Crippen LogP contribution in [0.15, 0.2) is 28.9 Å². The number of benzene rings is 1. The fraction of sp³-hybridized carbons (Fsp3) is 0.412. The Morgan fingerprint density at radius 1 is 1.32 bits per heavy atom. The van der Waals surface area contributed by atoms with Gasteiger partial charge in [0.25, 0.3) is 0 Å². The van der Waals surface area contributed by atoms with Gasteiger partial charge in [0.15, 0.2) is 0 Å². The topological polar surface area (TPSA) is 70.8 Å². The van der Waals surface area contributed by atoms with Crippen molar-refractivity contribution >= 4 is 22.8 Å². The number of aliphatic carboxylic acids is 1. The zero-order valence-electron chi connectivity index (χ0n) is 12.5. The zero-order valence-corrected chi connectivity index (χ0v) is 12.5. The van der Waals surface area contributed by atoms with Crippen LogP contribution in [0.2, 0.25) is 0 Å². The quantitative estimate of drug-likeness (QED) is 0.946. The highest BCUT2D eigenvalue weighted by molar-refractivity contribution is 5.88. The van der Waals surface area contributed by atoms with Crippen molar-refractivity contribution in [3.05, 3.63) is 35.6 Å². The Bertz CT molecular complexity index is 711. The number of carbonyl (C=O) groups is 2. The van der Waals surface area contributed by atoms with Crippen molar-refractivity contribution in [1.82, 2.24) is 4.90 Å². The summed E-state index contributed by atoms with van der Waals surface area (Å²) in [6.07, 6.45) is 3.01. The summed E-state index contributed by atoms with van der Waals surface area (Å²) >= 11 is 0. The van der Waals surface area contributed by atoms with Crippen molar-refractivity contribution in [2.75, 3.05) is 13.1 Å². The first-order valence-electron chi connectivity index (χ1n) is 7.52. The Kier molecular flexibility index (Phi) is 3.88. The molecule has 0 saturated carbocycles. The van der Waals surface area contributed by atoms with Gasteiger partial charge in [-0.05, 0) is 31.9 Å². The number of carboxylic acid groups (broad SMARTS) is 1. The van der Waals surface area contributed by atoms with Gasteiger partial charge in [0.05, 0.1) is 18.6 Å². The summed E-state index contributed by atoms with van der Waals surface area (Å²) < 4.78 is 5.49. The first kappa shape index (κ1) is 14.6. The first-order chi connectivity index (χ1) is 10.5. The molecule has 116 valence electrons. The third-order valence-corrected chi connectivity index (χ3v) is 4.35. The summed E-state index contributed by atoms with van der Waals surface area (Å²) in [7, 11) is 0. The highest BCUT2D eigenvalue weighted by atomic mass is 16.4. The molecule has 3 rings (SSSR count). The number of rotatable bonds is 3. The van der Waals surface area contributed by atoms with Gasteiger partial charge >= 0.3 is 5.97 Å². The lowest BCUT2D eigenvalue weighted by molar-refractivity contribution is -0.145. The average Bonchev–Trinajstić information content (AvgIpc) is 2.89. The number of hydrogen-bond acceptors (Lipinski definition) is 3. The second-order valence-corrected chi connectivity index (χ2v) is 5.93. The number of hydrogen-bond donors (Lipinski definition) is 1. The number of aryl methyl sites for hydroxylation is 1. The van der Waals surface area contributed by atoms with Crippen LogP contribution in [-0.4, -0.2) is 35.0 Å². The Morgan fingerprint density at radius 3 is 2.73 bits per heavy atom. The normalized spacial score (nSPS) is 16.1. The molecule has 1 amide bonds. The summed E-state index contributed by atoms with van der Waals surface area (Å²) in [6.45, 7) is 3.05. The minimum Gasteiger partial charge on any atom is -0.481 e. The Balaban J connectivity index is 1.69. The fourth-order valence-electron chi connectivity index (χ4n) is 2.98. The maximum Gasteiger partial charge on any atom is 0.306 e. The molecule has 0 bridgehead atoms. The van der Waals surface area contributed by atoms with Gasteiger partial charge in [0, 0.05) is 24.0 Å². The fourth-order valence-corrected chi connectivity index (χ4v) is 2.98. The molecule has 2 heterocycles. The molecule has 1 aromatic carbocycles. The van der Waals surface area contributed by atoms with Crippen LogP contribution >= 0.6 is 0 Å². The lowest BCUT2D eigenvalue weighted by Crippen LogP contribution is -2.40. The van der Waals surface area contributed by atoms with E-state index in [-0.39, 0.29) is 11.8 Å². The number of fused-ring (bicyclic) bond motifs is 1. The van der Waals surface area contributed by atoms with E-state index in [0.29, 0.717) is 32.4 Å². The number of furan rings is 1. The van der Waals surface area contributed by atoms with E-state index >= 15 is 0 Å². The number of carbonyl (C=O) groups excluding carboxylic acids is 1. The lowest BCUT2D eigenvalue weighted by atomic mass is 9.96. The second-order valence-electron chi connectivity index (χ2n) is 5.93. The number of piperidine rings is 1. The monoisotopic (exact) mass is 301 g/mol. The molecular weight excluding hydrogens is 282 g/mol. The summed E-state index contributed by atoms with van der Waals surface area (Å²) in [5.74, 6) is -1.04. The molecule has 0 atom stereocenters. The molecule has 2 aromatic rings. The van der Waals surface area contributed by atoms with Crippen LogP contribution in [-0.2, 0) is 16.0 Å². The predicted molar refractivity (Wildman–Crippen MR) is 81.6 cm³/mol. The maximum absolute atomic E-state index is 12.4. The first-order valence-corrected chi connectivity index (χ1v) is 7.52. The summed E-state index contributed by atoms with van der Waals surface area (Å²) in [6, 6.07) is 5.92. The SMILES string of the molecule is Cc1ccc2occ(CC(=O)N3CCC(C(=O)O)CC3)c2c1. The smallest absolute Gasteiger partial charge is 0.306 e. The van der Waals surface area contributed by atoms with E-state index in [1.807, 2.05) is 25.1 Å². The lowest BCUT2D eigenvalue weighted by Gasteiger charge is -2.30. The number of nitrogens with zero attached hydrogens (tertiary/aromatic N) is 1. The van der Waals surface area contributed by atoms with Crippen molar-refractivity contribution in [3.8, 4) is 0 Å². The molecule has 1 aliphatic heterocycles. The Hall–Kier alpha value is -2.30. The van der Waals surface area contributed by atoms with Gasteiger partial charge < -0.3 is 14.4 Å². The van der Waals surface area contributed by atoms with Gasteiger partial charge in [0.1, 0.15) is 5.58 Å². The third-order valence-electron chi connectivity index (χ3n) is 4.35. The van der Waals surface area contributed by atoms with Crippen LogP contribution in [0.5, 0.6) is 0 Å². The van der Waals surface area contributed by atoms with Gasteiger partial charge in [0.2, 0.25) is 5.91 Å². The van der Waals surface area contributed by atoms with Gasteiger partial charge in [-0.15, -0.1) is 0 Å². The number of likely N-dealkylation sites (tertiary alicyclic amines) is 1. The van der Waals surface area contributed by atoms with Gasteiger partial charge in [-0.25, -0.2) is 0 Å². The molecule has 1 aromatic heterocycles. The molecule has 0 unspecified atom stereocenters. The van der Waals surface area contributed by atoms with Crippen molar-refractivity contribution < 1.29 is 19.1 Å². The van der Waals surface area contributed by atoms with Crippen molar-refractivity contribution in [2.45, 2.75) is 26.2 Å². The third kappa shape index (κ3) is 2.84. The molecular formula is C17H19NO4. The standard InChI is InChI=1S/C17H19NO4/c1-11-2-3-15-14(8-11)13(10-22-15)9-16(19)18-6-4-12(5-7-18)17(20)21/h2-3,8,10,12H,4-7,9H2,1H3,(H,20,21). The largest absolute Gasteiger partial charge is 0.481 e. The Labute approximate surface area is 128 Å². The van der Waals surface area contributed by atoms with Crippen molar-refractivity contribution in [3.63, 3.8) is 0 Å². The molecule has 22 heavy (non-hydrogen) atoms. The molecule has 1 aliphatic rings. The van der Waals surface area contributed by atoms with E-state index < -0.39 is 5.97 Å². The van der Waals surface area contributed by atoms with E-state index in [4.69, 9.17) is 9.52 Å². The van der Waals surface area contributed by atoms with E-state index in [1.165, 1.54) is 0 Å². The second kappa shape index (κ2) is 5.83. The minimum atomic E-state index is -0.761. The summed E-state index contributed by atoms with van der Waals surface area (Å²) in [4.78, 5) is 25.1. The molecule has 1 N–H and O–H groups in total. The van der Waals surface area contributed by atoms with Crippen molar-refractivity contribution in [1.29, 1.82) is 0 Å². The van der Waals surface area contributed by atoms with E-state index in [1.54, 1.807) is 11.2 Å². The van der Waals surface area contributed by atoms with Crippen LogP contribution in [0.4, 0.5) is 0 Å².